The maximum absolute atomic E-state index is 13.2. The molecule has 0 saturated heterocycles. The fourth-order valence-corrected chi connectivity index (χ4v) is 5.25. The minimum absolute atomic E-state index is 0.174. The van der Waals surface area contributed by atoms with Gasteiger partial charge in [-0.2, -0.15) is 5.10 Å². The molecule has 4 rings (SSSR count). The number of aryl methyl sites for hydroxylation is 1. The fraction of sp³-hybridized carbons (Fsp3) is 0.379. The van der Waals surface area contributed by atoms with Crippen LogP contribution in [-0.2, 0) is 29.7 Å². The third kappa shape index (κ3) is 7.88. The van der Waals surface area contributed by atoms with Crippen molar-refractivity contribution in [3.63, 3.8) is 0 Å². The van der Waals surface area contributed by atoms with Gasteiger partial charge in [-0.3, -0.25) is 18.8 Å². The first kappa shape index (κ1) is 31.9. The van der Waals surface area contributed by atoms with E-state index in [0.717, 1.165) is 11.1 Å². The lowest BCUT2D eigenvalue weighted by atomic mass is 10.1. The third-order valence-electron chi connectivity index (χ3n) is 6.29. The van der Waals surface area contributed by atoms with Crippen molar-refractivity contribution in [2.24, 2.45) is 0 Å². The van der Waals surface area contributed by atoms with Crippen LogP contribution in [0.5, 0.6) is 5.75 Å². The van der Waals surface area contributed by atoms with Gasteiger partial charge in [0.15, 0.2) is 0 Å². The maximum Gasteiger partial charge on any atom is 0.407 e. The maximum atomic E-state index is 13.2. The van der Waals surface area contributed by atoms with Gasteiger partial charge in [0, 0.05) is 39.1 Å². The Morgan fingerprint density at radius 1 is 0.977 bits per heavy atom. The van der Waals surface area contributed by atoms with Crippen molar-refractivity contribution in [1.82, 2.24) is 20.2 Å². The molecule has 3 aromatic rings. The number of hydrogen-bond acceptors (Lipinski definition) is 10. The van der Waals surface area contributed by atoms with Crippen molar-refractivity contribution in [2.45, 2.75) is 45.2 Å². The molecule has 1 N–H and O–H groups in total. The van der Waals surface area contributed by atoms with Gasteiger partial charge in [0.1, 0.15) is 18.0 Å². The van der Waals surface area contributed by atoms with E-state index >= 15 is 0 Å². The summed E-state index contributed by atoms with van der Waals surface area (Å²) in [6, 6.07) is 13.3. The predicted octanol–water partition coefficient (Wildman–Crippen LogP) is 4.88. The zero-order chi connectivity index (χ0) is 31.2. The fourth-order valence-electron chi connectivity index (χ4n) is 4.17. The number of aromatic nitrogens is 2. The van der Waals surface area contributed by atoms with Gasteiger partial charge < -0.3 is 23.8 Å². The van der Waals surface area contributed by atoms with Crippen LogP contribution in [0.25, 0.3) is 11.1 Å². The predicted molar refractivity (Wildman–Crippen MR) is 155 cm³/mol. The largest absolute Gasteiger partial charge is 0.490 e. The summed E-state index contributed by atoms with van der Waals surface area (Å²) in [6.07, 6.45) is 3.84. The Morgan fingerprint density at radius 3 is 2.19 bits per heavy atom. The van der Waals surface area contributed by atoms with E-state index in [2.05, 4.69) is 10.4 Å². The summed E-state index contributed by atoms with van der Waals surface area (Å²) in [5.41, 5.74) is 1.56. The van der Waals surface area contributed by atoms with E-state index in [1.54, 1.807) is 35.1 Å². The van der Waals surface area contributed by atoms with Gasteiger partial charge in [-0.05, 0) is 57.0 Å². The Balaban J connectivity index is 1.34. The number of hydroxylamine groups is 2. The molecule has 13 nitrogen and oxygen atoms in total. The molecular formula is C29H35N4O9P. The monoisotopic (exact) mass is 614 g/mol. The Morgan fingerprint density at radius 2 is 1.60 bits per heavy atom. The minimum atomic E-state index is -3.95. The summed E-state index contributed by atoms with van der Waals surface area (Å²) >= 11 is 0. The molecule has 1 aliphatic heterocycles. The molecule has 0 radical (unpaired) electrons. The second kappa shape index (κ2) is 13.5. The van der Waals surface area contributed by atoms with E-state index < -0.39 is 36.9 Å². The molecule has 0 spiro atoms. The topological polar surface area (TPSA) is 148 Å². The summed E-state index contributed by atoms with van der Waals surface area (Å²) in [5.74, 6) is -2.38. The molecule has 1 atom stereocenters. The standard InChI is InChI=1S/C29H35N4O9P/c1-29(2,3)41-28(36)30-15-8-16-32-18-21(17-31-32)20-11-13-22(14-12-20)40-19-25(43(37,38-4)39-5)42-33-26(34)23-9-6-7-10-24(23)27(33)35/h6-7,9-14,17-18,25H,8,15-16,19H2,1-5H3,(H,30,36). The van der Waals surface area contributed by atoms with Crippen LogP contribution in [0, 0.1) is 0 Å². The highest BCUT2D eigenvalue weighted by atomic mass is 31.2. The summed E-state index contributed by atoms with van der Waals surface area (Å²) < 4.78 is 36.2. The molecule has 230 valence electrons. The Bertz CT molecular complexity index is 1460. The number of imide groups is 1. The first-order valence-electron chi connectivity index (χ1n) is 13.5. The summed E-state index contributed by atoms with van der Waals surface area (Å²) in [4.78, 5) is 42.9. The van der Waals surface area contributed by atoms with Crippen molar-refractivity contribution in [2.75, 3.05) is 27.4 Å². The molecule has 43 heavy (non-hydrogen) atoms. The number of rotatable bonds is 13. The second-order valence-corrected chi connectivity index (χ2v) is 12.9. The van der Waals surface area contributed by atoms with E-state index in [4.69, 9.17) is 23.4 Å². The van der Waals surface area contributed by atoms with Crippen LogP contribution >= 0.6 is 7.60 Å². The molecule has 0 saturated carbocycles. The molecular weight excluding hydrogens is 579 g/mol. The van der Waals surface area contributed by atoms with Crippen molar-refractivity contribution in [3.05, 3.63) is 72.1 Å². The lowest BCUT2D eigenvalue weighted by molar-refractivity contribution is -0.120. The van der Waals surface area contributed by atoms with E-state index in [9.17, 15) is 18.9 Å². The Labute approximate surface area is 249 Å². The van der Waals surface area contributed by atoms with Crippen LogP contribution in [0.1, 0.15) is 47.9 Å². The number of alkyl carbamates (subject to hydrolysis) is 1. The van der Waals surface area contributed by atoms with Crippen LogP contribution in [0.15, 0.2) is 60.9 Å². The van der Waals surface area contributed by atoms with Crippen molar-refractivity contribution < 1.29 is 42.3 Å². The molecule has 14 heteroatoms. The first-order valence-corrected chi connectivity index (χ1v) is 15.1. The molecule has 1 unspecified atom stereocenters. The number of hydrogen-bond donors (Lipinski definition) is 1. The highest BCUT2D eigenvalue weighted by molar-refractivity contribution is 7.54. The zero-order valence-corrected chi connectivity index (χ0v) is 25.5. The van der Waals surface area contributed by atoms with Crippen molar-refractivity contribution >= 4 is 25.5 Å². The molecule has 0 fully saturated rings. The number of nitrogens with zero attached hydrogens (tertiary/aromatic N) is 3. The van der Waals surface area contributed by atoms with Gasteiger partial charge in [0.2, 0.25) is 5.85 Å². The van der Waals surface area contributed by atoms with E-state index in [1.165, 1.54) is 26.4 Å². The molecule has 2 heterocycles. The number of benzene rings is 2. The molecule has 1 aliphatic rings. The number of ether oxygens (including phenoxy) is 2. The average Bonchev–Trinajstić information content (AvgIpc) is 3.55. The Kier molecular flexibility index (Phi) is 10.0. The van der Waals surface area contributed by atoms with Gasteiger partial charge in [-0.15, -0.1) is 5.06 Å². The van der Waals surface area contributed by atoms with Gasteiger partial charge in [-0.25, -0.2) is 9.63 Å². The highest BCUT2D eigenvalue weighted by Crippen LogP contribution is 2.52. The van der Waals surface area contributed by atoms with E-state index in [-0.39, 0.29) is 17.7 Å². The third-order valence-corrected chi connectivity index (χ3v) is 8.26. The Hall–Kier alpha value is -4.03. The van der Waals surface area contributed by atoms with Gasteiger partial charge in [0.05, 0.1) is 17.3 Å². The van der Waals surface area contributed by atoms with Crippen LogP contribution in [0.3, 0.4) is 0 Å². The van der Waals surface area contributed by atoms with Crippen LogP contribution in [0.4, 0.5) is 4.79 Å². The number of nitrogens with one attached hydrogen (secondary N) is 1. The van der Waals surface area contributed by atoms with Gasteiger partial charge in [0.25, 0.3) is 11.8 Å². The number of carbonyl (C=O) groups is 3. The van der Waals surface area contributed by atoms with Gasteiger partial charge >= 0.3 is 13.7 Å². The van der Waals surface area contributed by atoms with Crippen LogP contribution in [0.2, 0.25) is 0 Å². The summed E-state index contributed by atoms with van der Waals surface area (Å²) in [6.45, 7) is 6.14. The molecule has 0 aliphatic carbocycles. The summed E-state index contributed by atoms with van der Waals surface area (Å²) in [5, 5.41) is 7.66. The quantitative estimate of drug-likeness (QED) is 0.160. The average molecular weight is 615 g/mol. The molecule has 1 aromatic heterocycles. The highest BCUT2D eigenvalue weighted by Gasteiger charge is 2.44. The smallest absolute Gasteiger partial charge is 0.407 e. The van der Waals surface area contributed by atoms with Gasteiger partial charge in [-0.1, -0.05) is 24.3 Å². The minimum Gasteiger partial charge on any atom is -0.490 e. The number of fused-ring (bicyclic) bond motifs is 1. The van der Waals surface area contributed by atoms with Crippen LogP contribution < -0.4 is 10.1 Å². The van der Waals surface area contributed by atoms with E-state index in [0.29, 0.717) is 30.3 Å². The first-order chi connectivity index (χ1) is 20.4. The van der Waals surface area contributed by atoms with Crippen LogP contribution in [-0.4, -0.2) is 71.6 Å². The van der Waals surface area contributed by atoms with Crippen molar-refractivity contribution in [3.8, 4) is 16.9 Å². The zero-order valence-electron chi connectivity index (χ0n) is 24.6. The molecule has 3 amide bonds. The van der Waals surface area contributed by atoms with E-state index in [1.807, 2.05) is 39.1 Å². The van der Waals surface area contributed by atoms with Crippen molar-refractivity contribution in [1.29, 1.82) is 0 Å². The number of amides is 3. The molecule has 0 bridgehead atoms. The SMILES string of the molecule is COP(=O)(OC)C(COc1ccc(-c2cnn(CCCNC(=O)OC(C)(C)C)c2)cc1)ON1C(=O)c2ccccc2C1=O. The second-order valence-electron chi connectivity index (χ2n) is 10.5. The molecule has 2 aromatic carbocycles. The number of carbonyl (C=O) groups excluding carboxylic acids is 3. The normalized spacial score (nSPS) is 14.0. The lowest BCUT2D eigenvalue weighted by Gasteiger charge is -2.27. The summed E-state index contributed by atoms with van der Waals surface area (Å²) in [7, 11) is -1.59. The lowest BCUT2D eigenvalue weighted by Crippen LogP contribution is -2.37.